The molecule has 2 heterocycles. The third-order valence-electron chi connectivity index (χ3n) is 5.96. The lowest BCUT2D eigenvalue weighted by Crippen LogP contribution is -2.56. The summed E-state index contributed by atoms with van der Waals surface area (Å²) in [5.41, 5.74) is -0.0829. The van der Waals surface area contributed by atoms with Gasteiger partial charge in [0.15, 0.2) is 11.6 Å². The van der Waals surface area contributed by atoms with E-state index in [0.717, 1.165) is 12.1 Å². The molecule has 2 saturated heterocycles. The predicted octanol–water partition coefficient (Wildman–Crippen LogP) is 4.84. The van der Waals surface area contributed by atoms with E-state index in [9.17, 15) is 22.0 Å². The molecule has 0 bridgehead atoms. The van der Waals surface area contributed by atoms with Gasteiger partial charge in [0.05, 0.1) is 5.41 Å². The first-order valence-corrected chi connectivity index (χ1v) is 9.33. The summed E-state index contributed by atoms with van der Waals surface area (Å²) < 4.78 is 70.0. The van der Waals surface area contributed by atoms with Crippen molar-refractivity contribution in [3.8, 4) is 0 Å². The molecular weight excluding hydrogens is 375 g/mol. The van der Waals surface area contributed by atoms with Crippen molar-refractivity contribution in [2.24, 2.45) is 5.41 Å². The zero-order valence-corrected chi connectivity index (χ0v) is 15.3. The van der Waals surface area contributed by atoms with Gasteiger partial charge in [-0.05, 0) is 42.3 Å². The van der Waals surface area contributed by atoms with Gasteiger partial charge in [-0.15, -0.1) is 0 Å². The van der Waals surface area contributed by atoms with Crippen LogP contribution in [0.1, 0.15) is 18.4 Å². The van der Waals surface area contributed by atoms with Crippen LogP contribution >= 0.6 is 0 Å². The van der Waals surface area contributed by atoms with Gasteiger partial charge in [-0.2, -0.15) is 0 Å². The molecule has 0 amide bonds. The van der Waals surface area contributed by atoms with Crippen LogP contribution < -0.4 is 4.90 Å². The van der Waals surface area contributed by atoms with E-state index in [1.807, 2.05) is 4.90 Å². The Morgan fingerprint density at radius 2 is 1.68 bits per heavy atom. The number of piperidine rings is 1. The highest BCUT2D eigenvalue weighted by atomic mass is 19.3. The average Bonchev–Trinajstić information content (AvgIpc) is 3.08. The fraction of sp³-hybridized carbons (Fsp3) is 0.429. The van der Waals surface area contributed by atoms with E-state index >= 15 is 0 Å². The van der Waals surface area contributed by atoms with Crippen LogP contribution in [0.3, 0.4) is 0 Å². The number of benzene rings is 2. The summed E-state index contributed by atoms with van der Waals surface area (Å²) in [4.78, 5) is 3.68. The molecule has 2 fully saturated rings. The zero-order valence-electron chi connectivity index (χ0n) is 15.3. The second-order valence-corrected chi connectivity index (χ2v) is 7.85. The van der Waals surface area contributed by atoms with E-state index in [0.29, 0.717) is 24.2 Å². The lowest BCUT2D eigenvalue weighted by atomic mass is 9.75. The van der Waals surface area contributed by atoms with Gasteiger partial charge in [0.1, 0.15) is 5.82 Å². The summed E-state index contributed by atoms with van der Waals surface area (Å²) in [6, 6.07) is 9.63. The molecule has 2 aliphatic heterocycles. The van der Waals surface area contributed by atoms with Gasteiger partial charge in [-0.3, -0.25) is 4.90 Å². The summed E-state index contributed by atoms with van der Waals surface area (Å²) in [6.07, 6.45) is 0.0124. The highest BCUT2D eigenvalue weighted by molar-refractivity contribution is 5.48. The van der Waals surface area contributed by atoms with E-state index < -0.39 is 28.8 Å². The molecule has 150 valence electrons. The summed E-state index contributed by atoms with van der Waals surface area (Å²) in [7, 11) is 0. The van der Waals surface area contributed by atoms with Crippen LogP contribution in [0, 0.1) is 22.9 Å². The monoisotopic (exact) mass is 396 g/mol. The van der Waals surface area contributed by atoms with E-state index in [1.165, 1.54) is 18.2 Å². The Morgan fingerprint density at radius 3 is 2.43 bits per heavy atom. The molecule has 0 aliphatic carbocycles. The second-order valence-electron chi connectivity index (χ2n) is 7.85. The summed E-state index contributed by atoms with van der Waals surface area (Å²) in [5.74, 6) is -5.09. The fourth-order valence-electron chi connectivity index (χ4n) is 4.41. The number of halogens is 5. The maximum atomic E-state index is 14.9. The first-order chi connectivity index (χ1) is 13.3. The minimum absolute atomic E-state index is 0.137. The van der Waals surface area contributed by atoms with Crippen LogP contribution in [0.15, 0.2) is 42.5 Å². The third-order valence-corrected chi connectivity index (χ3v) is 5.96. The SMILES string of the molecule is Fc1cccc(N2CCC3(CN(Cc4ccc(F)c(F)c4)CCC3(F)F)C2)c1. The number of hydrogen-bond donors (Lipinski definition) is 0. The molecule has 28 heavy (non-hydrogen) atoms. The number of anilines is 1. The molecule has 1 spiro atoms. The number of rotatable bonds is 3. The highest BCUT2D eigenvalue weighted by Gasteiger charge is 2.59. The minimum Gasteiger partial charge on any atom is -0.371 e. The summed E-state index contributed by atoms with van der Waals surface area (Å²) in [6.45, 7) is 1.20. The first-order valence-electron chi connectivity index (χ1n) is 9.33. The van der Waals surface area contributed by atoms with Crippen molar-refractivity contribution in [1.82, 2.24) is 4.90 Å². The Kier molecular flexibility index (Phi) is 4.81. The van der Waals surface area contributed by atoms with Crippen LogP contribution in [0.2, 0.25) is 0 Å². The van der Waals surface area contributed by atoms with Gasteiger partial charge < -0.3 is 4.90 Å². The largest absolute Gasteiger partial charge is 0.371 e. The normalized spacial score (nSPS) is 24.8. The molecule has 4 rings (SSSR count). The molecule has 0 N–H and O–H groups in total. The third kappa shape index (κ3) is 3.48. The molecule has 2 aromatic rings. The van der Waals surface area contributed by atoms with E-state index in [2.05, 4.69) is 0 Å². The smallest absolute Gasteiger partial charge is 0.257 e. The average molecular weight is 396 g/mol. The molecule has 2 aromatic carbocycles. The van der Waals surface area contributed by atoms with Crippen molar-refractivity contribution < 1.29 is 22.0 Å². The zero-order chi connectivity index (χ0) is 19.9. The van der Waals surface area contributed by atoms with Gasteiger partial charge in [0.2, 0.25) is 0 Å². The van der Waals surface area contributed by atoms with E-state index in [4.69, 9.17) is 0 Å². The molecule has 0 saturated carbocycles. The van der Waals surface area contributed by atoms with Gasteiger partial charge in [-0.1, -0.05) is 12.1 Å². The Labute approximate surface area is 160 Å². The van der Waals surface area contributed by atoms with Gasteiger partial charge in [-0.25, -0.2) is 22.0 Å². The van der Waals surface area contributed by atoms with Crippen LogP contribution in [-0.4, -0.2) is 37.0 Å². The Hall–Kier alpha value is -2.15. The molecule has 2 aliphatic rings. The number of alkyl halides is 2. The predicted molar refractivity (Wildman–Crippen MR) is 96.9 cm³/mol. The van der Waals surface area contributed by atoms with Gasteiger partial charge in [0.25, 0.3) is 5.92 Å². The van der Waals surface area contributed by atoms with E-state index in [1.54, 1.807) is 17.0 Å². The Balaban J connectivity index is 1.52. The second kappa shape index (κ2) is 7.03. The molecule has 2 nitrogen and oxygen atoms in total. The molecule has 0 aromatic heterocycles. The summed E-state index contributed by atoms with van der Waals surface area (Å²) in [5, 5.41) is 0. The van der Waals surface area contributed by atoms with Crippen LogP contribution in [0.5, 0.6) is 0 Å². The van der Waals surface area contributed by atoms with Crippen molar-refractivity contribution in [3.05, 3.63) is 65.5 Å². The van der Waals surface area contributed by atoms with Crippen LogP contribution in [-0.2, 0) is 6.54 Å². The van der Waals surface area contributed by atoms with Gasteiger partial charge in [0, 0.05) is 44.8 Å². The topological polar surface area (TPSA) is 6.48 Å². The van der Waals surface area contributed by atoms with E-state index in [-0.39, 0.29) is 32.6 Å². The molecule has 1 unspecified atom stereocenters. The van der Waals surface area contributed by atoms with Crippen molar-refractivity contribution in [2.45, 2.75) is 25.3 Å². The highest BCUT2D eigenvalue weighted by Crippen LogP contribution is 2.50. The quantitative estimate of drug-likeness (QED) is 0.685. The molecular formula is C21H21F5N2. The summed E-state index contributed by atoms with van der Waals surface area (Å²) >= 11 is 0. The van der Waals surface area contributed by atoms with Crippen LogP contribution in [0.25, 0.3) is 0 Å². The van der Waals surface area contributed by atoms with Crippen LogP contribution in [0.4, 0.5) is 27.6 Å². The van der Waals surface area contributed by atoms with Crippen molar-refractivity contribution in [3.63, 3.8) is 0 Å². The number of likely N-dealkylation sites (tertiary alicyclic amines) is 1. The van der Waals surface area contributed by atoms with Gasteiger partial charge >= 0.3 is 0 Å². The number of nitrogens with zero attached hydrogens (tertiary/aromatic N) is 2. The molecule has 0 radical (unpaired) electrons. The fourth-order valence-corrected chi connectivity index (χ4v) is 4.41. The number of hydrogen-bond acceptors (Lipinski definition) is 2. The molecule has 1 atom stereocenters. The lowest BCUT2D eigenvalue weighted by molar-refractivity contribution is -0.158. The Morgan fingerprint density at radius 1 is 0.857 bits per heavy atom. The lowest BCUT2D eigenvalue weighted by Gasteiger charge is -2.46. The van der Waals surface area contributed by atoms with Crippen molar-refractivity contribution in [2.75, 3.05) is 31.1 Å². The minimum atomic E-state index is -2.83. The first kappa shape index (κ1) is 19.2. The molecule has 7 heteroatoms. The maximum absolute atomic E-state index is 14.9. The standard InChI is InChI=1S/C21H21F5N2/c22-16-2-1-3-17(11-16)28-9-6-20(14-28)13-27(8-7-21(20,25)26)12-15-4-5-18(23)19(24)10-15/h1-5,10-11H,6-9,12-14H2. The van der Waals surface area contributed by atoms with Crippen molar-refractivity contribution >= 4 is 5.69 Å². The maximum Gasteiger partial charge on any atom is 0.257 e. The van der Waals surface area contributed by atoms with Crippen molar-refractivity contribution in [1.29, 1.82) is 0 Å². The Bertz CT molecular complexity index is 872.